The standard InChI is InChI=1S/C39H55N2O7/c1-22-19-25(32(35(5,6)45)46-23(2)42)47-30-29(22)36(7)16-17-39-21-38(39)15-14-28(48-33(44)41-20-24-11-9-10-18-40-24)34(3,4)26(38)12-13-27(39)37(36,8)31(30)43/h9-11,18,22,26,28-29,31-32,43,45H,12-17,19-21H2,1-8H3,(H,41,44)/t22-,26+,28?,29+,31+,32+,36-,37-,38-,39+/m1/s1. The fourth-order valence-corrected chi connectivity index (χ4v) is 12.4. The number of hydrogen-bond acceptors (Lipinski definition) is 8. The number of alkyl carbamates (subject to hydrolysis) is 1. The average molecular weight is 664 g/mol. The number of amides is 1. The van der Waals surface area contributed by atoms with E-state index in [9.17, 15) is 19.8 Å². The number of hydrogen-bond donors (Lipinski definition) is 3. The van der Waals surface area contributed by atoms with Crippen LogP contribution in [0.15, 0.2) is 24.4 Å². The van der Waals surface area contributed by atoms with Crippen LogP contribution in [0.4, 0.5) is 4.79 Å². The number of rotatable bonds is 6. The molecule has 1 amide bonds. The molecule has 0 bridgehead atoms. The van der Waals surface area contributed by atoms with Gasteiger partial charge in [-0.25, -0.2) is 4.79 Å². The molecule has 263 valence electrons. The van der Waals surface area contributed by atoms with Crippen LogP contribution < -0.4 is 5.32 Å². The number of aliphatic hydroxyl groups excluding tert-OH is 1. The van der Waals surface area contributed by atoms with E-state index < -0.39 is 29.2 Å². The number of nitrogens with zero attached hydrogens (tertiary/aromatic N) is 1. The second-order valence-corrected chi connectivity index (χ2v) is 17.7. The first-order chi connectivity index (χ1) is 22.4. The molecule has 7 rings (SSSR count). The Balaban J connectivity index is 1.11. The number of fused-ring (bicyclic) bond motifs is 4. The highest BCUT2D eigenvalue weighted by molar-refractivity contribution is 5.67. The summed E-state index contributed by atoms with van der Waals surface area (Å²) in [4.78, 5) is 29.3. The number of carbonyl (C=O) groups excluding carboxylic acids is 2. The molecule has 1 aromatic heterocycles. The van der Waals surface area contributed by atoms with Gasteiger partial charge in [-0.3, -0.25) is 9.78 Å². The Labute approximate surface area is 286 Å². The molecule has 3 radical (unpaired) electrons. The molecular formula is C39H55N2O7. The van der Waals surface area contributed by atoms with Crippen LogP contribution in [0.3, 0.4) is 0 Å². The minimum Gasteiger partial charge on any atom is -0.456 e. The molecule has 1 saturated heterocycles. The minimum atomic E-state index is -1.33. The second kappa shape index (κ2) is 11.1. The fraction of sp³-hybridized carbons (Fsp3) is 0.744. The first-order valence-electron chi connectivity index (χ1n) is 18.1. The SMILES string of the molecule is CC(=O)O[C@@H]([C]1C[C@@H](C)[C@H]2[C](O1)[C@H](O)[C@@]1(C)[C]3CC[C@H]4C(C)(C)C(OC(=O)NCc5ccccn5)CC[C@@]45C[C@@]35CC[C@]21C)C(C)(C)O. The third-order valence-electron chi connectivity index (χ3n) is 14.6. The Hall–Kier alpha value is -2.23. The van der Waals surface area contributed by atoms with Crippen molar-refractivity contribution in [2.24, 2.45) is 44.8 Å². The van der Waals surface area contributed by atoms with E-state index in [1.165, 1.54) is 12.8 Å². The normalized spacial score (nSPS) is 42.7. The maximum atomic E-state index is 13.0. The monoisotopic (exact) mass is 663 g/mol. The number of esters is 1. The number of pyridine rings is 1. The number of ether oxygens (including phenoxy) is 3. The summed E-state index contributed by atoms with van der Waals surface area (Å²) in [5.74, 6) is 1.68. The Morgan fingerprint density at radius 3 is 2.56 bits per heavy atom. The molecule has 6 aliphatic rings. The van der Waals surface area contributed by atoms with Crippen molar-refractivity contribution >= 4 is 12.1 Å². The second-order valence-electron chi connectivity index (χ2n) is 17.7. The van der Waals surface area contributed by atoms with Crippen LogP contribution in [0.1, 0.15) is 112 Å². The molecule has 9 nitrogen and oxygen atoms in total. The topological polar surface area (TPSA) is 127 Å². The largest absolute Gasteiger partial charge is 0.456 e. The Kier molecular flexibility index (Phi) is 7.94. The molecule has 48 heavy (non-hydrogen) atoms. The summed E-state index contributed by atoms with van der Waals surface area (Å²) in [6, 6.07) is 5.66. The van der Waals surface area contributed by atoms with Crippen molar-refractivity contribution in [2.45, 2.75) is 137 Å². The Bertz CT molecular complexity index is 1430. The van der Waals surface area contributed by atoms with Crippen LogP contribution in [0, 0.1) is 63.0 Å². The average Bonchev–Trinajstić information content (AvgIpc) is 3.65. The summed E-state index contributed by atoms with van der Waals surface area (Å²) in [5, 5.41) is 26.3. The van der Waals surface area contributed by atoms with Crippen LogP contribution in [-0.4, -0.2) is 51.2 Å². The predicted molar refractivity (Wildman–Crippen MR) is 178 cm³/mol. The summed E-state index contributed by atoms with van der Waals surface area (Å²) >= 11 is 0. The van der Waals surface area contributed by atoms with Crippen molar-refractivity contribution in [3.8, 4) is 0 Å². The maximum Gasteiger partial charge on any atom is 0.407 e. The van der Waals surface area contributed by atoms with Crippen molar-refractivity contribution in [3.05, 3.63) is 48.2 Å². The summed E-state index contributed by atoms with van der Waals surface area (Å²) < 4.78 is 18.4. The van der Waals surface area contributed by atoms with Crippen LogP contribution in [0.2, 0.25) is 0 Å². The molecule has 1 aliphatic heterocycles. The van der Waals surface area contributed by atoms with Crippen molar-refractivity contribution in [3.63, 3.8) is 0 Å². The molecule has 2 heterocycles. The minimum absolute atomic E-state index is 0.0588. The van der Waals surface area contributed by atoms with Gasteiger partial charge in [0.15, 0.2) is 6.10 Å². The van der Waals surface area contributed by atoms with Gasteiger partial charge < -0.3 is 29.7 Å². The van der Waals surface area contributed by atoms with Gasteiger partial charge in [0.05, 0.1) is 23.9 Å². The van der Waals surface area contributed by atoms with Crippen molar-refractivity contribution in [1.82, 2.24) is 10.3 Å². The molecule has 0 aromatic carbocycles. The molecule has 10 atom stereocenters. The smallest absolute Gasteiger partial charge is 0.407 e. The summed E-state index contributed by atoms with van der Waals surface area (Å²) in [6.07, 6.45) is 8.30. The molecule has 1 aromatic rings. The van der Waals surface area contributed by atoms with Crippen molar-refractivity contribution < 1.29 is 34.0 Å². The van der Waals surface area contributed by atoms with Gasteiger partial charge in [0.2, 0.25) is 0 Å². The van der Waals surface area contributed by atoms with Gasteiger partial charge in [0.25, 0.3) is 0 Å². The van der Waals surface area contributed by atoms with E-state index in [1.54, 1.807) is 20.0 Å². The third kappa shape index (κ3) is 4.68. The zero-order valence-corrected chi connectivity index (χ0v) is 30.0. The quantitative estimate of drug-likeness (QED) is 0.296. The van der Waals surface area contributed by atoms with Crippen LogP contribution >= 0.6 is 0 Å². The van der Waals surface area contributed by atoms with Gasteiger partial charge >= 0.3 is 12.1 Å². The Morgan fingerprint density at radius 1 is 1.15 bits per heavy atom. The lowest BCUT2D eigenvalue weighted by molar-refractivity contribution is -0.171. The van der Waals surface area contributed by atoms with Crippen LogP contribution in [0.25, 0.3) is 0 Å². The molecule has 9 heteroatoms. The molecule has 2 spiro atoms. The third-order valence-corrected chi connectivity index (χ3v) is 14.6. The predicted octanol–water partition coefficient (Wildman–Crippen LogP) is 6.48. The summed E-state index contributed by atoms with van der Waals surface area (Å²) in [7, 11) is 0. The highest BCUT2D eigenvalue weighted by Crippen LogP contribution is 2.90. The van der Waals surface area contributed by atoms with Gasteiger partial charge in [0.1, 0.15) is 18.3 Å². The van der Waals surface area contributed by atoms with Gasteiger partial charge in [-0.05, 0) is 111 Å². The van der Waals surface area contributed by atoms with E-state index in [1.807, 2.05) is 18.2 Å². The fourth-order valence-electron chi connectivity index (χ4n) is 12.4. The number of carbonyl (C=O) groups is 2. The molecule has 6 fully saturated rings. The molecule has 5 saturated carbocycles. The lowest BCUT2D eigenvalue weighted by Crippen LogP contribution is -2.59. The van der Waals surface area contributed by atoms with E-state index in [4.69, 9.17) is 14.2 Å². The molecule has 3 N–H and O–H groups in total. The summed E-state index contributed by atoms with van der Waals surface area (Å²) in [6.45, 7) is 16.4. The number of aliphatic hydroxyl groups is 2. The molecule has 5 aliphatic carbocycles. The van der Waals surface area contributed by atoms with E-state index in [-0.39, 0.29) is 45.7 Å². The first-order valence-corrected chi connectivity index (χ1v) is 18.1. The molecule has 1 unspecified atom stereocenters. The van der Waals surface area contributed by atoms with Gasteiger partial charge in [-0.2, -0.15) is 0 Å². The van der Waals surface area contributed by atoms with E-state index >= 15 is 0 Å². The number of nitrogens with one attached hydrogen (secondary N) is 1. The lowest BCUT2D eigenvalue weighted by atomic mass is 9.41. The zero-order chi connectivity index (χ0) is 34.7. The lowest BCUT2D eigenvalue weighted by Gasteiger charge is -2.63. The van der Waals surface area contributed by atoms with Gasteiger partial charge in [-0.15, -0.1) is 0 Å². The van der Waals surface area contributed by atoms with Crippen molar-refractivity contribution in [1.29, 1.82) is 0 Å². The highest BCUT2D eigenvalue weighted by atomic mass is 16.6. The van der Waals surface area contributed by atoms with Gasteiger partial charge in [-0.1, -0.05) is 40.7 Å². The van der Waals surface area contributed by atoms with Crippen LogP contribution in [-0.2, 0) is 25.5 Å². The first kappa shape index (κ1) is 34.2. The van der Waals surface area contributed by atoms with Crippen molar-refractivity contribution in [2.75, 3.05) is 0 Å². The van der Waals surface area contributed by atoms with E-state index in [2.05, 4.69) is 44.9 Å². The maximum absolute atomic E-state index is 13.0. The van der Waals surface area contributed by atoms with Crippen LogP contribution in [0.5, 0.6) is 0 Å². The number of aromatic nitrogens is 1. The highest BCUT2D eigenvalue weighted by Gasteiger charge is 2.85. The molecular weight excluding hydrogens is 608 g/mol. The summed E-state index contributed by atoms with van der Waals surface area (Å²) in [5.41, 5.74) is -1.13. The Morgan fingerprint density at radius 2 is 1.90 bits per heavy atom. The van der Waals surface area contributed by atoms with E-state index in [0.29, 0.717) is 31.1 Å². The van der Waals surface area contributed by atoms with E-state index in [0.717, 1.165) is 50.6 Å². The van der Waals surface area contributed by atoms with Gasteiger partial charge in [0, 0.05) is 29.9 Å². The zero-order valence-electron chi connectivity index (χ0n) is 30.0.